The third-order valence-electron chi connectivity index (χ3n) is 4.83. The van der Waals surface area contributed by atoms with Crippen molar-refractivity contribution in [2.24, 2.45) is 0 Å². The Morgan fingerprint density at radius 3 is 2.29 bits per heavy atom. The third kappa shape index (κ3) is 8.57. The van der Waals surface area contributed by atoms with Crippen LogP contribution in [0.1, 0.15) is 39.9 Å². The van der Waals surface area contributed by atoms with E-state index < -0.39 is 42.7 Å². The average molecular weight is 586 g/mol. The topological polar surface area (TPSA) is 58.2 Å². The van der Waals surface area contributed by atoms with Gasteiger partial charge in [0.1, 0.15) is 12.6 Å². The zero-order valence-electron chi connectivity index (χ0n) is 18.3. The van der Waals surface area contributed by atoms with E-state index in [1.807, 2.05) is 0 Å². The van der Waals surface area contributed by atoms with Gasteiger partial charge in [0, 0.05) is 9.50 Å². The molecule has 0 aliphatic carbocycles. The number of carbonyl (C=O) groups excluding carboxylic acids is 2. The maximum atomic E-state index is 13.6. The first kappa shape index (κ1) is 28.7. The van der Waals surface area contributed by atoms with Crippen molar-refractivity contribution in [3.05, 3.63) is 74.2 Å². The normalized spacial score (nSPS) is 14.0. The zero-order valence-corrected chi connectivity index (χ0v) is 20.7. The highest BCUT2D eigenvalue weighted by molar-refractivity contribution is 9.10. The first-order chi connectivity index (χ1) is 16.1. The SMILES string of the molecule is Cc1ccc(C(/C=C/c2ccc(C(=O)NC(C)C(=O)NCC(F)(F)F)c(Br)c2)C(F)(F)F)cc1Cl. The van der Waals surface area contributed by atoms with Gasteiger partial charge < -0.3 is 10.6 Å². The van der Waals surface area contributed by atoms with Crippen LogP contribution in [0.4, 0.5) is 26.3 Å². The highest BCUT2D eigenvalue weighted by Crippen LogP contribution is 2.38. The molecule has 0 fully saturated rings. The molecule has 0 aliphatic heterocycles. The van der Waals surface area contributed by atoms with Crippen LogP contribution in [0, 0.1) is 6.92 Å². The monoisotopic (exact) mass is 584 g/mol. The Morgan fingerprint density at radius 1 is 1.09 bits per heavy atom. The number of allylic oxidation sites excluding steroid dienone is 1. The molecule has 0 radical (unpaired) electrons. The van der Waals surface area contributed by atoms with Crippen LogP contribution in [0.15, 0.2) is 46.9 Å². The molecule has 2 aromatic rings. The molecule has 0 saturated carbocycles. The first-order valence-corrected chi connectivity index (χ1v) is 11.2. The first-order valence-electron chi connectivity index (χ1n) is 10.0. The van der Waals surface area contributed by atoms with Gasteiger partial charge in [-0.05, 0) is 64.7 Å². The van der Waals surface area contributed by atoms with Crippen LogP contribution >= 0.6 is 27.5 Å². The summed E-state index contributed by atoms with van der Waals surface area (Å²) in [5.41, 5.74) is 0.995. The van der Waals surface area contributed by atoms with E-state index in [-0.39, 0.29) is 20.6 Å². The largest absolute Gasteiger partial charge is 0.405 e. The Morgan fingerprint density at radius 2 is 1.74 bits per heavy atom. The summed E-state index contributed by atoms with van der Waals surface area (Å²) in [6, 6.07) is 6.94. The maximum absolute atomic E-state index is 13.6. The molecule has 2 rings (SSSR count). The van der Waals surface area contributed by atoms with Crippen LogP contribution in [0.2, 0.25) is 5.02 Å². The van der Waals surface area contributed by atoms with Gasteiger partial charge in [-0.2, -0.15) is 26.3 Å². The second-order valence-electron chi connectivity index (χ2n) is 7.65. The van der Waals surface area contributed by atoms with Crippen LogP contribution < -0.4 is 10.6 Å². The molecule has 0 aromatic heterocycles. The van der Waals surface area contributed by atoms with Gasteiger partial charge in [-0.3, -0.25) is 9.59 Å². The number of carbonyl (C=O) groups is 2. The van der Waals surface area contributed by atoms with Crippen LogP contribution in [0.3, 0.4) is 0 Å². The van der Waals surface area contributed by atoms with Crippen molar-refractivity contribution < 1.29 is 35.9 Å². The third-order valence-corrected chi connectivity index (χ3v) is 5.89. The molecule has 35 heavy (non-hydrogen) atoms. The average Bonchev–Trinajstić information content (AvgIpc) is 2.73. The van der Waals surface area contributed by atoms with Gasteiger partial charge >= 0.3 is 12.4 Å². The number of aryl methyl sites for hydroxylation is 1. The molecule has 0 spiro atoms. The predicted molar refractivity (Wildman–Crippen MR) is 124 cm³/mol. The fraction of sp³-hybridized carbons (Fsp3) is 0.304. The Bertz CT molecular complexity index is 1120. The van der Waals surface area contributed by atoms with E-state index >= 15 is 0 Å². The Balaban J connectivity index is 2.16. The van der Waals surface area contributed by atoms with Crippen LogP contribution in [0.5, 0.6) is 0 Å². The van der Waals surface area contributed by atoms with Gasteiger partial charge in [0.05, 0.1) is 11.5 Å². The van der Waals surface area contributed by atoms with Gasteiger partial charge in [0.2, 0.25) is 5.91 Å². The van der Waals surface area contributed by atoms with E-state index in [1.165, 1.54) is 49.4 Å². The number of alkyl halides is 6. The van der Waals surface area contributed by atoms with Crippen molar-refractivity contribution in [1.29, 1.82) is 0 Å². The summed E-state index contributed by atoms with van der Waals surface area (Å²) in [5.74, 6) is -3.70. The molecule has 2 amide bonds. The molecule has 0 aliphatic rings. The van der Waals surface area contributed by atoms with Crippen molar-refractivity contribution in [1.82, 2.24) is 10.6 Å². The highest BCUT2D eigenvalue weighted by atomic mass is 79.9. The second kappa shape index (κ2) is 11.5. The molecule has 12 heteroatoms. The van der Waals surface area contributed by atoms with Gasteiger partial charge in [0.15, 0.2) is 0 Å². The molecule has 2 N–H and O–H groups in total. The molecule has 190 valence electrons. The van der Waals surface area contributed by atoms with Crippen molar-refractivity contribution in [2.45, 2.75) is 38.2 Å². The number of hydrogen-bond acceptors (Lipinski definition) is 2. The number of rotatable bonds is 7. The number of amides is 2. The molecular weight excluding hydrogens is 566 g/mol. The lowest BCUT2D eigenvalue weighted by molar-refractivity contribution is -0.139. The Hall–Kier alpha value is -2.53. The lowest BCUT2D eigenvalue weighted by atomic mass is 9.96. The molecule has 2 aromatic carbocycles. The molecule has 0 saturated heterocycles. The summed E-state index contributed by atoms with van der Waals surface area (Å²) < 4.78 is 77.8. The molecule has 4 nitrogen and oxygen atoms in total. The maximum Gasteiger partial charge on any atom is 0.405 e. The fourth-order valence-electron chi connectivity index (χ4n) is 2.92. The predicted octanol–water partition coefficient (Wildman–Crippen LogP) is 6.57. The van der Waals surface area contributed by atoms with Gasteiger partial charge in [0.25, 0.3) is 5.91 Å². The minimum atomic E-state index is -4.59. The van der Waals surface area contributed by atoms with Crippen LogP contribution in [-0.2, 0) is 4.79 Å². The molecule has 0 bridgehead atoms. The standard InChI is InChI=1S/C23H20BrClF6N2O2/c1-12-3-6-15(10-19(12)25)17(23(29,30)31)8-5-14-4-7-16(18(24)9-14)21(35)33-13(2)20(34)32-11-22(26,27)28/h3-10,13,17H,11H2,1-2H3,(H,32,34)(H,33,35)/b8-5+. The highest BCUT2D eigenvalue weighted by Gasteiger charge is 2.39. The molecule has 2 unspecified atom stereocenters. The van der Waals surface area contributed by atoms with Crippen LogP contribution in [0.25, 0.3) is 6.08 Å². The smallest absolute Gasteiger partial charge is 0.345 e. The number of benzene rings is 2. The Kier molecular flexibility index (Phi) is 9.41. The second-order valence-corrected chi connectivity index (χ2v) is 8.92. The number of hydrogen-bond donors (Lipinski definition) is 2. The van der Waals surface area contributed by atoms with E-state index in [9.17, 15) is 35.9 Å². The van der Waals surface area contributed by atoms with Crippen molar-refractivity contribution in [3.8, 4) is 0 Å². The van der Waals surface area contributed by atoms with E-state index in [2.05, 4.69) is 21.2 Å². The van der Waals surface area contributed by atoms with E-state index in [1.54, 1.807) is 12.2 Å². The molecule has 2 atom stereocenters. The van der Waals surface area contributed by atoms with Crippen molar-refractivity contribution in [3.63, 3.8) is 0 Å². The quantitative estimate of drug-likeness (QED) is 0.362. The van der Waals surface area contributed by atoms with Gasteiger partial charge in [-0.15, -0.1) is 0 Å². The van der Waals surface area contributed by atoms with E-state index in [0.717, 1.165) is 6.08 Å². The summed E-state index contributed by atoms with van der Waals surface area (Å²) in [6.07, 6.45) is -6.96. The molecule has 0 heterocycles. The van der Waals surface area contributed by atoms with E-state index in [4.69, 9.17) is 11.6 Å². The van der Waals surface area contributed by atoms with Crippen molar-refractivity contribution >= 4 is 45.4 Å². The van der Waals surface area contributed by atoms with Crippen LogP contribution in [-0.4, -0.2) is 36.8 Å². The van der Waals surface area contributed by atoms with Gasteiger partial charge in [-0.25, -0.2) is 0 Å². The number of nitrogens with one attached hydrogen (secondary N) is 2. The summed E-state index contributed by atoms with van der Waals surface area (Å²) >= 11 is 9.13. The Labute approximate surface area is 210 Å². The van der Waals surface area contributed by atoms with E-state index in [0.29, 0.717) is 11.1 Å². The number of halogens is 8. The zero-order chi connectivity index (χ0) is 26.6. The minimum Gasteiger partial charge on any atom is -0.345 e. The summed E-state index contributed by atoms with van der Waals surface area (Å²) in [4.78, 5) is 24.1. The summed E-state index contributed by atoms with van der Waals surface area (Å²) in [5, 5.41) is 4.14. The fourth-order valence-corrected chi connectivity index (χ4v) is 3.68. The summed E-state index contributed by atoms with van der Waals surface area (Å²) in [6.45, 7) is 1.35. The van der Waals surface area contributed by atoms with Crippen molar-refractivity contribution in [2.75, 3.05) is 6.54 Å². The lowest BCUT2D eigenvalue weighted by Crippen LogP contribution is -2.47. The van der Waals surface area contributed by atoms with Gasteiger partial charge in [-0.1, -0.05) is 42.0 Å². The summed E-state index contributed by atoms with van der Waals surface area (Å²) in [7, 11) is 0. The lowest BCUT2D eigenvalue weighted by Gasteiger charge is -2.18. The minimum absolute atomic E-state index is 0.0304. The molecular formula is C23H20BrClF6N2O2.